The molecule has 0 radical (unpaired) electrons. The topological polar surface area (TPSA) is 26.3 Å². The fraction of sp³-hybridized carbons (Fsp3) is 0.417. The minimum Gasteiger partial charge on any atom is -0.462 e. The first-order chi connectivity index (χ1) is 7.29. The van der Waals surface area contributed by atoms with Crippen LogP contribution in [0.15, 0.2) is 24.3 Å². The number of hydrogen-bond acceptors (Lipinski definition) is 2. The van der Waals surface area contributed by atoms with Crippen molar-refractivity contribution in [3.05, 3.63) is 35.4 Å². The van der Waals surface area contributed by atoms with Gasteiger partial charge in [-0.1, -0.05) is 40.8 Å². The highest BCUT2D eigenvalue weighted by atomic mass is 127. The summed E-state index contributed by atoms with van der Waals surface area (Å²) in [7, 11) is 0. The molecule has 3 heteroatoms. The molecule has 0 unspecified atom stereocenters. The number of ether oxygens (including phenoxy) is 1. The molecule has 2 nitrogen and oxygen atoms in total. The Bertz CT molecular complexity index is 323. The second-order valence-electron chi connectivity index (χ2n) is 3.17. The van der Waals surface area contributed by atoms with Crippen molar-refractivity contribution in [1.82, 2.24) is 0 Å². The normalized spacial score (nSPS) is 10.0. The molecule has 0 bridgehead atoms. The first kappa shape index (κ1) is 12.5. The molecular formula is C12H15IO2. The van der Waals surface area contributed by atoms with Crippen LogP contribution in [0.2, 0.25) is 0 Å². The molecule has 0 aliphatic carbocycles. The van der Waals surface area contributed by atoms with Gasteiger partial charge in [-0.25, -0.2) is 4.79 Å². The summed E-state index contributed by atoms with van der Waals surface area (Å²) in [6, 6.07) is 7.67. The van der Waals surface area contributed by atoms with Crippen LogP contribution in [0.25, 0.3) is 0 Å². The molecule has 1 rings (SSSR count). The summed E-state index contributed by atoms with van der Waals surface area (Å²) in [6.07, 6.45) is 2.04. The van der Waals surface area contributed by atoms with Crippen molar-refractivity contribution in [3.8, 4) is 0 Å². The average molecular weight is 318 g/mol. The Kier molecular flexibility index (Phi) is 5.68. The van der Waals surface area contributed by atoms with Gasteiger partial charge in [0, 0.05) is 0 Å². The molecule has 0 saturated heterocycles. The number of carbonyl (C=O) groups excluding carboxylic acids is 1. The molecule has 0 atom stereocenters. The average Bonchev–Trinajstić information content (AvgIpc) is 2.27. The van der Waals surface area contributed by atoms with Crippen LogP contribution in [0.5, 0.6) is 0 Å². The van der Waals surface area contributed by atoms with E-state index >= 15 is 0 Å². The van der Waals surface area contributed by atoms with Gasteiger partial charge in [0.1, 0.15) is 0 Å². The van der Waals surface area contributed by atoms with Crippen LogP contribution in [0, 0.1) is 0 Å². The van der Waals surface area contributed by atoms with Gasteiger partial charge in [0.15, 0.2) is 0 Å². The van der Waals surface area contributed by atoms with Crippen LogP contribution in [0.4, 0.5) is 0 Å². The van der Waals surface area contributed by atoms with E-state index in [1.54, 1.807) is 0 Å². The number of esters is 1. The van der Waals surface area contributed by atoms with E-state index in [1.807, 2.05) is 31.2 Å². The first-order valence-corrected chi connectivity index (χ1v) is 6.63. The lowest BCUT2D eigenvalue weighted by Gasteiger charge is -2.07. The summed E-state index contributed by atoms with van der Waals surface area (Å²) in [4.78, 5) is 11.6. The number of halogens is 1. The zero-order valence-corrected chi connectivity index (χ0v) is 11.0. The highest BCUT2D eigenvalue weighted by Gasteiger charge is 2.10. The van der Waals surface area contributed by atoms with Gasteiger partial charge in [0.2, 0.25) is 0 Å². The van der Waals surface area contributed by atoms with Crippen LogP contribution in [-0.4, -0.2) is 17.0 Å². The van der Waals surface area contributed by atoms with Gasteiger partial charge < -0.3 is 4.74 Å². The number of carbonyl (C=O) groups is 1. The van der Waals surface area contributed by atoms with E-state index in [4.69, 9.17) is 4.74 Å². The maximum atomic E-state index is 11.6. The lowest BCUT2D eigenvalue weighted by atomic mass is 10.0. The minimum atomic E-state index is -0.207. The predicted molar refractivity (Wildman–Crippen MR) is 69.6 cm³/mol. The van der Waals surface area contributed by atoms with Gasteiger partial charge in [-0.15, -0.1) is 0 Å². The van der Waals surface area contributed by atoms with E-state index in [-0.39, 0.29) is 5.97 Å². The van der Waals surface area contributed by atoms with E-state index in [0.29, 0.717) is 12.2 Å². The van der Waals surface area contributed by atoms with E-state index in [2.05, 4.69) is 22.6 Å². The van der Waals surface area contributed by atoms with Crippen LogP contribution in [0.1, 0.15) is 29.3 Å². The lowest BCUT2D eigenvalue weighted by molar-refractivity contribution is 0.0525. The predicted octanol–water partition coefficient (Wildman–Crippen LogP) is 3.23. The Morgan fingerprint density at radius 2 is 2.13 bits per heavy atom. The molecule has 0 aromatic heterocycles. The molecular weight excluding hydrogens is 303 g/mol. The number of rotatable bonds is 5. The van der Waals surface area contributed by atoms with Gasteiger partial charge in [0.05, 0.1) is 12.2 Å². The molecule has 0 fully saturated rings. The Labute approximate surface area is 104 Å². The smallest absolute Gasteiger partial charge is 0.338 e. The van der Waals surface area contributed by atoms with Crippen molar-refractivity contribution >= 4 is 28.6 Å². The summed E-state index contributed by atoms with van der Waals surface area (Å²) in [5.74, 6) is -0.207. The van der Waals surface area contributed by atoms with Crippen molar-refractivity contribution in [2.45, 2.75) is 19.8 Å². The van der Waals surface area contributed by atoms with Crippen molar-refractivity contribution < 1.29 is 9.53 Å². The summed E-state index contributed by atoms with van der Waals surface area (Å²) < 4.78 is 6.11. The molecule has 0 N–H and O–H groups in total. The Hall–Kier alpha value is -0.580. The maximum Gasteiger partial charge on any atom is 0.338 e. The molecule has 0 aliphatic heterocycles. The zero-order valence-electron chi connectivity index (χ0n) is 8.83. The molecule has 0 saturated carbocycles. The van der Waals surface area contributed by atoms with E-state index in [9.17, 15) is 4.79 Å². The van der Waals surface area contributed by atoms with Gasteiger partial charge in [-0.05, 0) is 35.8 Å². The summed E-state index contributed by atoms with van der Waals surface area (Å²) in [6.45, 7) is 2.25. The van der Waals surface area contributed by atoms with Gasteiger partial charge >= 0.3 is 5.97 Å². The molecule has 1 aromatic rings. The Morgan fingerprint density at radius 1 is 1.40 bits per heavy atom. The van der Waals surface area contributed by atoms with E-state index in [0.717, 1.165) is 22.8 Å². The molecule has 82 valence electrons. The van der Waals surface area contributed by atoms with Gasteiger partial charge in [0.25, 0.3) is 0 Å². The quantitative estimate of drug-likeness (QED) is 0.473. The number of alkyl halides is 1. The van der Waals surface area contributed by atoms with E-state index < -0.39 is 0 Å². The Balaban J connectivity index is 2.80. The molecule has 0 spiro atoms. The van der Waals surface area contributed by atoms with Gasteiger partial charge in [-0.3, -0.25) is 0 Å². The van der Waals surface area contributed by atoms with Crippen molar-refractivity contribution in [1.29, 1.82) is 0 Å². The molecule has 0 aliphatic rings. The molecule has 15 heavy (non-hydrogen) atoms. The first-order valence-electron chi connectivity index (χ1n) is 5.10. The summed E-state index contributed by atoms with van der Waals surface area (Å²) in [5, 5.41) is 0. The maximum absolute atomic E-state index is 11.6. The molecule has 1 aromatic carbocycles. The van der Waals surface area contributed by atoms with E-state index in [1.165, 1.54) is 0 Å². The summed E-state index contributed by atoms with van der Waals surface area (Å²) in [5.41, 5.74) is 1.80. The number of hydrogen-bond donors (Lipinski definition) is 0. The van der Waals surface area contributed by atoms with Crippen molar-refractivity contribution in [2.75, 3.05) is 11.0 Å². The SMILES string of the molecule is CCOC(=O)c1ccccc1CCCI. The highest BCUT2D eigenvalue weighted by Crippen LogP contribution is 2.13. The molecule has 0 heterocycles. The standard InChI is InChI=1S/C12H15IO2/c1-2-15-12(14)11-8-4-3-6-10(11)7-5-9-13/h3-4,6,8H,2,5,7,9H2,1H3. The monoisotopic (exact) mass is 318 g/mol. The Morgan fingerprint density at radius 3 is 2.80 bits per heavy atom. The third-order valence-corrected chi connectivity index (χ3v) is 2.86. The zero-order chi connectivity index (χ0) is 11.1. The largest absolute Gasteiger partial charge is 0.462 e. The third-order valence-electron chi connectivity index (χ3n) is 2.09. The summed E-state index contributed by atoms with van der Waals surface area (Å²) >= 11 is 2.34. The van der Waals surface area contributed by atoms with Crippen molar-refractivity contribution in [3.63, 3.8) is 0 Å². The second-order valence-corrected chi connectivity index (χ2v) is 4.25. The molecule has 0 amide bonds. The fourth-order valence-corrected chi connectivity index (χ4v) is 1.78. The fourth-order valence-electron chi connectivity index (χ4n) is 1.40. The van der Waals surface area contributed by atoms with Crippen LogP contribution in [0.3, 0.4) is 0 Å². The third kappa shape index (κ3) is 3.81. The van der Waals surface area contributed by atoms with Gasteiger partial charge in [-0.2, -0.15) is 0 Å². The van der Waals surface area contributed by atoms with Crippen molar-refractivity contribution in [2.24, 2.45) is 0 Å². The van der Waals surface area contributed by atoms with Crippen LogP contribution < -0.4 is 0 Å². The number of benzene rings is 1. The van der Waals surface area contributed by atoms with Crippen LogP contribution >= 0.6 is 22.6 Å². The number of aryl methyl sites for hydroxylation is 1. The minimum absolute atomic E-state index is 0.207. The second kappa shape index (κ2) is 6.82. The highest BCUT2D eigenvalue weighted by molar-refractivity contribution is 14.1. The van der Waals surface area contributed by atoms with Crippen LogP contribution in [-0.2, 0) is 11.2 Å². The lowest BCUT2D eigenvalue weighted by Crippen LogP contribution is -2.08.